The molecule has 24 heavy (non-hydrogen) atoms. The zero-order valence-corrected chi connectivity index (χ0v) is 13.8. The van der Waals surface area contributed by atoms with E-state index in [0.29, 0.717) is 6.54 Å². The van der Waals surface area contributed by atoms with Crippen LogP contribution >= 0.6 is 11.3 Å². The van der Waals surface area contributed by atoms with Gasteiger partial charge in [-0.15, -0.1) is 11.3 Å². The van der Waals surface area contributed by atoms with Crippen LogP contribution in [0.15, 0.2) is 66.0 Å². The van der Waals surface area contributed by atoms with E-state index in [1.807, 2.05) is 30.3 Å². The zero-order chi connectivity index (χ0) is 16.5. The summed E-state index contributed by atoms with van der Waals surface area (Å²) >= 11 is 1.72. The highest BCUT2D eigenvalue weighted by molar-refractivity contribution is 7.10. The molecule has 1 aromatic heterocycles. The third kappa shape index (κ3) is 2.53. The van der Waals surface area contributed by atoms with Gasteiger partial charge in [-0.05, 0) is 41.1 Å². The Bertz CT molecular complexity index is 874. The summed E-state index contributed by atoms with van der Waals surface area (Å²) in [5.41, 5.74) is 2.35. The minimum Gasteiger partial charge on any atom is -0.327 e. The van der Waals surface area contributed by atoms with Gasteiger partial charge in [-0.1, -0.05) is 42.5 Å². The molecule has 1 aliphatic heterocycles. The maximum atomic E-state index is 14.1. The Morgan fingerprint density at radius 1 is 1.04 bits per heavy atom. The molecule has 0 bridgehead atoms. The second-order valence-corrected chi connectivity index (χ2v) is 6.84. The molecular weight excluding hydrogens is 321 g/mol. The number of carbonyl (C=O) groups excluding carboxylic acids is 1. The van der Waals surface area contributed by atoms with Crippen LogP contribution in [0.25, 0.3) is 0 Å². The van der Waals surface area contributed by atoms with E-state index in [9.17, 15) is 9.18 Å². The number of carbonyl (C=O) groups is 1. The van der Waals surface area contributed by atoms with Crippen molar-refractivity contribution in [2.45, 2.75) is 12.5 Å². The number of hydrogen-bond donors (Lipinski definition) is 0. The number of hydrogen-bond acceptors (Lipinski definition) is 2. The highest BCUT2D eigenvalue weighted by Gasteiger charge is 2.33. The van der Waals surface area contributed by atoms with E-state index in [1.165, 1.54) is 10.9 Å². The monoisotopic (exact) mass is 337 g/mol. The molecule has 2 nitrogen and oxygen atoms in total. The molecule has 0 saturated carbocycles. The van der Waals surface area contributed by atoms with Crippen LogP contribution in [0.2, 0.25) is 0 Å². The average molecular weight is 337 g/mol. The summed E-state index contributed by atoms with van der Waals surface area (Å²) < 4.78 is 14.1. The fourth-order valence-corrected chi connectivity index (χ4v) is 4.22. The fraction of sp³-hybridized carbons (Fsp3) is 0.150. The van der Waals surface area contributed by atoms with Gasteiger partial charge in [0.15, 0.2) is 0 Å². The summed E-state index contributed by atoms with van der Waals surface area (Å²) in [5, 5.41) is 2.07. The van der Waals surface area contributed by atoms with E-state index < -0.39 is 5.82 Å². The van der Waals surface area contributed by atoms with Crippen LogP contribution in [0.3, 0.4) is 0 Å². The molecule has 1 aliphatic rings. The van der Waals surface area contributed by atoms with Crippen LogP contribution in [-0.2, 0) is 6.42 Å². The van der Waals surface area contributed by atoms with E-state index >= 15 is 0 Å². The topological polar surface area (TPSA) is 20.3 Å². The molecule has 1 atom stereocenters. The molecule has 0 radical (unpaired) electrons. The number of fused-ring (bicyclic) bond motifs is 1. The number of thiophene rings is 1. The highest BCUT2D eigenvalue weighted by atomic mass is 32.1. The summed E-state index contributed by atoms with van der Waals surface area (Å²) in [4.78, 5) is 16.1. The van der Waals surface area contributed by atoms with Crippen LogP contribution in [0.4, 0.5) is 4.39 Å². The van der Waals surface area contributed by atoms with E-state index in [0.717, 1.165) is 17.5 Å². The van der Waals surface area contributed by atoms with Gasteiger partial charge in [0, 0.05) is 11.4 Å². The Balaban J connectivity index is 1.80. The average Bonchev–Trinajstić information content (AvgIpc) is 3.10. The maximum Gasteiger partial charge on any atom is 0.257 e. The Morgan fingerprint density at radius 2 is 1.79 bits per heavy atom. The van der Waals surface area contributed by atoms with Crippen molar-refractivity contribution in [2.24, 2.45) is 0 Å². The van der Waals surface area contributed by atoms with Gasteiger partial charge in [-0.2, -0.15) is 0 Å². The van der Waals surface area contributed by atoms with Crippen LogP contribution in [0, 0.1) is 5.82 Å². The second kappa shape index (κ2) is 6.21. The number of amides is 1. The standard InChI is InChI=1S/C20H16FNOS/c21-17-9-5-4-8-15(17)20(23)22-12-10-18-16(11-13-24-18)19(22)14-6-2-1-3-7-14/h1-9,11,13,19H,10,12H2/t19-/m1/s1. The van der Waals surface area contributed by atoms with Gasteiger partial charge < -0.3 is 4.90 Å². The summed E-state index contributed by atoms with van der Waals surface area (Å²) in [7, 11) is 0. The van der Waals surface area contributed by atoms with Crippen molar-refractivity contribution in [2.75, 3.05) is 6.54 Å². The van der Waals surface area contributed by atoms with Crippen LogP contribution in [-0.4, -0.2) is 17.4 Å². The first-order chi connectivity index (χ1) is 11.8. The predicted molar refractivity (Wildman–Crippen MR) is 93.7 cm³/mol. The van der Waals surface area contributed by atoms with Gasteiger partial charge in [0.2, 0.25) is 0 Å². The lowest BCUT2D eigenvalue weighted by Crippen LogP contribution is -2.40. The molecule has 0 fully saturated rings. The normalized spacial score (nSPS) is 16.7. The van der Waals surface area contributed by atoms with Crippen LogP contribution in [0.1, 0.15) is 32.4 Å². The van der Waals surface area contributed by atoms with Crippen molar-refractivity contribution in [1.82, 2.24) is 4.90 Å². The minimum absolute atomic E-state index is 0.136. The summed E-state index contributed by atoms with van der Waals surface area (Å²) in [5.74, 6) is -0.718. The molecule has 3 aromatic rings. The Morgan fingerprint density at radius 3 is 2.58 bits per heavy atom. The summed E-state index contributed by atoms with van der Waals surface area (Å²) in [6, 6.07) is 18.1. The zero-order valence-electron chi connectivity index (χ0n) is 13.0. The van der Waals surface area contributed by atoms with Gasteiger partial charge in [0.05, 0.1) is 11.6 Å². The molecule has 0 unspecified atom stereocenters. The molecule has 0 N–H and O–H groups in total. The first-order valence-corrected chi connectivity index (χ1v) is 8.80. The number of nitrogens with zero attached hydrogens (tertiary/aromatic N) is 1. The van der Waals surface area contributed by atoms with Crippen molar-refractivity contribution in [3.63, 3.8) is 0 Å². The number of benzene rings is 2. The summed E-state index contributed by atoms with van der Waals surface area (Å²) in [6.07, 6.45) is 0.816. The van der Waals surface area contributed by atoms with Crippen LogP contribution < -0.4 is 0 Å². The molecule has 4 rings (SSSR count). The largest absolute Gasteiger partial charge is 0.327 e. The van der Waals surface area contributed by atoms with Gasteiger partial charge in [-0.25, -0.2) is 4.39 Å². The van der Waals surface area contributed by atoms with Crippen molar-refractivity contribution >= 4 is 17.2 Å². The second-order valence-electron chi connectivity index (χ2n) is 5.84. The molecule has 2 heterocycles. The first-order valence-electron chi connectivity index (χ1n) is 7.92. The summed E-state index contributed by atoms with van der Waals surface area (Å²) in [6.45, 7) is 0.597. The van der Waals surface area contributed by atoms with E-state index in [2.05, 4.69) is 11.4 Å². The van der Waals surface area contributed by atoms with Crippen molar-refractivity contribution < 1.29 is 9.18 Å². The molecular formula is C20H16FNOS. The molecule has 0 spiro atoms. The smallest absolute Gasteiger partial charge is 0.257 e. The lowest BCUT2D eigenvalue weighted by molar-refractivity contribution is 0.0691. The third-order valence-corrected chi connectivity index (χ3v) is 5.44. The third-order valence-electron chi connectivity index (χ3n) is 4.45. The van der Waals surface area contributed by atoms with Crippen molar-refractivity contribution in [3.8, 4) is 0 Å². The van der Waals surface area contributed by atoms with Crippen molar-refractivity contribution in [1.29, 1.82) is 0 Å². The Hall–Kier alpha value is -2.46. The molecule has 2 aromatic carbocycles. The SMILES string of the molecule is O=C(c1ccccc1F)N1CCc2sccc2[C@H]1c1ccccc1. The maximum absolute atomic E-state index is 14.1. The molecule has 0 aliphatic carbocycles. The van der Waals surface area contributed by atoms with Gasteiger partial charge in [0.1, 0.15) is 5.82 Å². The van der Waals surface area contributed by atoms with Gasteiger partial charge >= 0.3 is 0 Å². The first kappa shape index (κ1) is 15.1. The van der Waals surface area contributed by atoms with Gasteiger partial charge in [0.25, 0.3) is 5.91 Å². The van der Waals surface area contributed by atoms with E-state index in [1.54, 1.807) is 34.4 Å². The lowest BCUT2D eigenvalue weighted by atomic mass is 9.92. The Kier molecular flexibility index (Phi) is 3.90. The molecule has 4 heteroatoms. The highest BCUT2D eigenvalue weighted by Crippen LogP contribution is 2.38. The van der Waals surface area contributed by atoms with Gasteiger partial charge in [-0.3, -0.25) is 4.79 Å². The molecule has 120 valence electrons. The lowest BCUT2D eigenvalue weighted by Gasteiger charge is -2.36. The molecule has 1 amide bonds. The Labute approximate surface area is 144 Å². The van der Waals surface area contributed by atoms with Crippen molar-refractivity contribution in [3.05, 3.63) is 93.4 Å². The number of rotatable bonds is 2. The predicted octanol–water partition coefficient (Wildman–Crippen LogP) is 4.68. The molecule has 0 saturated heterocycles. The fourth-order valence-electron chi connectivity index (χ4n) is 3.32. The van der Waals surface area contributed by atoms with Crippen LogP contribution in [0.5, 0.6) is 0 Å². The quantitative estimate of drug-likeness (QED) is 0.665. The van der Waals surface area contributed by atoms with E-state index in [4.69, 9.17) is 0 Å². The number of halogens is 1. The van der Waals surface area contributed by atoms with E-state index in [-0.39, 0.29) is 17.5 Å². The minimum atomic E-state index is -0.467.